The summed E-state index contributed by atoms with van der Waals surface area (Å²) in [6, 6.07) is 7.38. The molecule has 0 aliphatic carbocycles. The fourth-order valence-electron chi connectivity index (χ4n) is 2.03. The summed E-state index contributed by atoms with van der Waals surface area (Å²) in [5.74, 6) is -0.171. The van der Waals surface area contributed by atoms with Gasteiger partial charge in [0, 0.05) is 15.6 Å². The molecule has 96 valence electrons. The van der Waals surface area contributed by atoms with Gasteiger partial charge in [-0.05, 0) is 56.5 Å². The Hall–Kier alpha value is -1.19. The SMILES string of the molecule is C=C(C)CCC(NC)c1cc2cc(F)ccc2s1. The van der Waals surface area contributed by atoms with Crippen molar-refractivity contribution in [3.8, 4) is 0 Å². The standard InChI is InChI=1S/C15H18FNS/c1-10(2)4-6-13(17-3)15-9-11-8-12(16)5-7-14(11)18-15/h5,7-9,13,17H,1,4,6H2,2-3H3. The van der Waals surface area contributed by atoms with Crippen molar-refractivity contribution in [2.45, 2.75) is 25.8 Å². The maximum Gasteiger partial charge on any atom is 0.123 e. The van der Waals surface area contributed by atoms with Crippen LogP contribution in [-0.4, -0.2) is 7.05 Å². The summed E-state index contributed by atoms with van der Waals surface area (Å²) in [5.41, 5.74) is 1.20. The second-order valence-electron chi connectivity index (χ2n) is 4.67. The van der Waals surface area contributed by atoms with E-state index in [1.807, 2.05) is 20.0 Å². The van der Waals surface area contributed by atoms with Crippen LogP contribution < -0.4 is 5.32 Å². The summed E-state index contributed by atoms with van der Waals surface area (Å²) in [6.07, 6.45) is 2.04. The lowest BCUT2D eigenvalue weighted by atomic mass is 10.1. The van der Waals surface area contributed by atoms with Crippen LogP contribution in [0.25, 0.3) is 10.1 Å². The molecule has 0 aliphatic rings. The van der Waals surface area contributed by atoms with Gasteiger partial charge in [0.05, 0.1) is 0 Å². The van der Waals surface area contributed by atoms with Crippen LogP contribution in [0.1, 0.15) is 30.7 Å². The number of rotatable bonds is 5. The molecule has 0 saturated carbocycles. The average molecular weight is 263 g/mol. The monoisotopic (exact) mass is 263 g/mol. The van der Waals surface area contributed by atoms with Crippen molar-refractivity contribution in [1.29, 1.82) is 0 Å². The van der Waals surface area contributed by atoms with Crippen molar-refractivity contribution in [1.82, 2.24) is 5.32 Å². The second kappa shape index (κ2) is 5.63. The Morgan fingerprint density at radius 2 is 2.22 bits per heavy atom. The summed E-state index contributed by atoms with van der Waals surface area (Å²) in [7, 11) is 1.97. The third kappa shape index (κ3) is 2.98. The number of hydrogen-bond acceptors (Lipinski definition) is 2. The van der Waals surface area contributed by atoms with Crippen LogP contribution in [0.4, 0.5) is 4.39 Å². The van der Waals surface area contributed by atoms with Gasteiger partial charge in [0.2, 0.25) is 0 Å². The first-order valence-corrected chi connectivity index (χ1v) is 6.92. The fourth-order valence-corrected chi connectivity index (χ4v) is 3.22. The summed E-state index contributed by atoms with van der Waals surface area (Å²) < 4.78 is 14.3. The zero-order chi connectivity index (χ0) is 13.1. The van der Waals surface area contributed by atoms with Crippen molar-refractivity contribution in [2.24, 2.45) is 0 Å². The minimum atomic E-state index is -0.171. The zero-order valence-corrected chi connectivity index (χ0v) is 11.6. The van der Waals surface area contributed by atoms with Crippen LogP contribution >= 0.6 is 11.3 Å². The predicted molar refractivity (Wildman–Crippen MR) is 77.6 cm³/mol. The Morgan fingerprint density at radius 3 is 2.89 bits per heavy atom. The molecule has 1 nitrogen and oxygen atoms in total. The van der Waals surface area contributed by atoms with Crippen molar-refractivity contribution in [2.75, 3.05) is 7.05 Å². The van der Waals surface area contributed by atoms with E-state index in [1.54, 1.807) is 17.4 Å². The fraction of sp³-hybridized carbons (Fsp3) is 0.333. The molecular weight excluding hydrogens is 245 g/mol. The number of fused-ring (bicyclic) bond motifs is 1. The van der Waals surface area contributed by atoms with E-state index in [0.717, 1.165) is 22.9 Å². The maximum absolute atomic E-state index is 13.2. The van der Waals surface area contributed by atoms with Gasteiger partial charge in [-0.3, -0.25) is 0 Å². The van der Waals surface area contributed by atoms with Crippen LogP contribution in [0.5, 0.6) is 0 Å². The lowest BCUT2D eigenvalue weighted by molar-refractivity contribution is 0.557. The molecule has 3 heteroatoms. The highest BCUT2D eigenvalue weighted by atomic mass is 32.1. The highest BCUT2D eigenvalue weighted by Crippen LogP contribution is 2.32. The molecule has 0 fully saturated rings. The smallest absolute Gasteiger partial charge is 0.123 e. The molecule has 18 heavy (non-hydrogen) atoms. The van der Waals surface area contributed by atoms with Crippen LogP contribution in [0.2, 0.25) is 0 Å². The molecule has 1 N–H and O–H groups in total. The van der Waals surface area contributed by atoms with E-state index in [9.17, 15) is 4.39 Å². The summed E-state index contributed by atoms with van der Waals surface area (Å²) in [4.78, 5) is 1.26. The molecule has 0 amide bonds. The normalized spacial score (nSPS) is 12.8. The molecular formula is C15H18FNS. The number of benzene rings is 1. The molecule has 2 aromatic rings. The quantitative estimate of drug-likeness (QED) is 0.774. The Labute approximate surface area is 111 Å². The van der Waals surface area contributed by atoms with Gasteiger partial charge in [-0.15, -0.1) is 17.9 Å². The van der Waals surface area contributed by atoms with Crippen LogP contribution in [0.15, 0.2) is 36.4 Å². The zero-order valence-electron chi connectivity index (χ0n) is 10.8. The highest BCUT2D eigenvalue weighted by molar-refractivity contribution is 7.19. The first-order chi connectivity index (χ1) is 8.60. The maximum atomic E-state index is 13.2. The van der Waals surface area contributed by atoms with E-state index in [0.29, 0.717) is 6.04 Å². The first kappa shape index (κ1) is 13.2. The van der Waals surface area contributed by atoms with E-state index in [-0.39, 0.29) is 5.82 Å². The molecule has 1 aromatic heterocycles. The van der Waals surface area contributed by atoms with E-state index in [1.165, 1.54) is 16.5 Å². The van der Waals surface area contributed by atoms with Gasteiger partial charge in [0.15, 0.2) is 0 Å². The Balaban J connectivity index is 2.25. The number of halogens is 1. The Bertz CT molecular complexity index is 559. The lowest BCUT2D eigenvalue weighted by Crippen LogP contribution is -2.14. The largest absolute Gasteiger partial charge is 0.312 e. The topological polar surface area (TPSA) is 12.0 Å². The van der Waals surface area contributed by atoms with Crippen LogP contribution in [0.3, 0.4) is 0 Å². The third-order valence-electron chi connectivity index (χ3n) is 3.05. The molecule has 1 atom stereocenters. The number of hydrogen-bond donors (Lipinski definition) is 1. The van der Waals surface area contributed by atoms with Gasteiger partial charge in [-0.2, -0.15) is 0 Å². The molecule has 2 rings (SSSR count). The van der Waals surface area contributed by atoms with Crippen molar-refractivity contribution >= 4 is 21.4 Å². The molecule has 1 heterocycles. The van der Waals surface area contributed by atoms with Gasteiger partial charge in [0.1, 0.15) is 5.82 Å². The van der Waals surface area contributed by atoms with E-state index in [2.05, 4.69) is 18.0 Å². The number of thiophene rings is 1. The van der Waals surface area contributed by atoms with Gasteiger partial charge in [-0.1, -0.05) is 5.57 Å². The Kier molecular flexibility index (Phi) is 4.15. The summed E-state index contributed by atoms with van der Waals surface area (Å²) in [6.45, 7) is 5.98. The van der Waals surface area contributed by atoms with Gasteiger partial charge >= 0.3 is 0 Å². The lowest BCUT2D eigenvalue weighted by Gasteiger charge is -2.13. The number of allylic oxidation sites excluding steroid dienone is 1. The van der Waals surface area contributed by atoms with Gasteiger partial charge in [0.25, 0.3) is 0 Å². The third-order valence-corrected chi connectivity index (χ3v) is 4.28. The second-order valence-corrected chi connectivity index (χ2v) is 5.78. The molecule has 0 spiro atoms. The van der Waals surface area contributed by atoms with Crippen LogP contribution in [-0.2, 0) is 0 Å². The van der Waals surface area contributed by atoms with Crippen molar-refractivity contribution in [3.63, 3.8) is 0 Å². The minimum absolute atomic E-state index is 0.171. The van der Waals surface area contributed by atoms with E-state index < -0.39 is 0 Å². The molecule has 1 unspecified atom stereocenters. The molecule has 0 radical (unpaired) electrons. The van der Waals surface area contributed by atoms with Crippen LogP contribution in [0, 0.1) is 5.82 Å². The average Bonchev–Trinajstić information content (AvgIpc) is 2.72. The van der Waals surface area contributed by atoms with Gasteiger partial charge in [-0.25, -0.2) is 4.39 Å². The summed E-state index contributed by atoms with van der Waals surface area (Å²) in [5, 5.41) is 4.32. The van der Waals surface area contributed by atoms with E-state index in [4.69, 9.17) is 0 Å². The van der Waals surface area contributed by atoms with E-state index >= 15 is 0 Å². The highest BCUT2D eigenvalue weighted by Gasteiger charge is 2.12. The first-order valence-electron chi connectivity index (χ1n) is 6.11. The number of nitrogens with one attached hydrogen (secondary N) is 1. The Morgan fingerprint density at radius 1 is 1.44 bits per heavy atom. The van der Waals surface area contributed by atoms with Crippen molar-refractivity contribution < 1.29 is 4.39 Å². The molecule has 0 aliphatic heterocycles. The molecule has 1 aromatic carbocycles. The predicted octanol–water partition coefficient (Wildman–Crippen LogP) is 4.66. The molecule has 0 saturated heterocycles. The van der Waals surface area contributed by atoms with Gasteiger partial charge < -0.3 is 5.32 Å². The minimum Gasteiger partial charge on any atom is -0.312 e. The van der Waals surface area contributed by atoms with Crippen molar-refractivity contribution in [3.05, 3.63) is 47.1 Å². The summed E-state index contributed by atoms with van der Waals surface area (Å²) >= 11 is 1.73. The molecule has 0 bridgehead atoms.